The Labute approximate surface area is 168 Å². The number of hydrogen-bond donors (Lipinski definition) is 2. The Morgan fingerprint density at radius 3 is 2.18 bits per heavy atom. The number of sulfonamides is 1. The van der Waals surface area contributed by atoms with Crippen LogP contribution in [-0.2, 0) is 10.0 Å². The molecule has 0 bridgehead atoms. The van der Waals surface area contributed by atoms with Crippen LogP contribution in [0.5, 0.6) is 0 Å². The van der Waals surface area contributed by atoms with Crippen molar-refractivity contribution in [1.82, 2.24) is 9.78 Å². The number of aromatic nitrogens is 2. The van der Waals surface area contributed by atoms with Gasteiger partial charge >= 0.3 is 0 Å². The van der Waals surface area contributed by atoms with Gasteiger partial charge in [-0.1, -0.05) is 23.7 Å². The second-order valence-electron chi connectivity index (χ2n) is 6.32. The summed E-state index contributed by atoms with van der Waals surface area (Å²) in [5.41, 5.74) is 3.42. The van der Waals surface area contributed by atoms with Crippen LogP contribution in [0, 0.1) is 13.8 Å². The first-order chi connectivity index (χ1) is 13.2. The number of nitrogens with zero attached hydrogens (tertiary/aromatic N) is 2. The summed E-state index contributed by atoms with van der Waals surface area (Å²) in [4.78, 5) is 12.6. The molecule has 3 rings (SSSR count). The van der Waals surface area contributed by atoms with Crippen molar-refractivity contribution in [2.24, 2.45) is 0 Å². The van der Waals surface area contributed by atoms with E-state index in [-0.39, 0.29) is 5.91 Å². The van der Waals surface area contributed by atoms with Gasteiger partial charge in [0.15, 0.2) is 0 Å². The van der Waals surface area contributed by atoms with Gasteiger partial charge in [-0.25, -0.2) is 13.1 Å². The Kier molecular flexibility index (Phi) is 5.44. The van der Waals surface area contributed by atoms with E-state index < -0.39 is 10.0 Å². The van der Waals surface area contributed by atoms with Crippen LogP contribution in [-0.4, -0.2) is 30.4 Å². The molecule has 0 aliphatic heterocycles. The molecule has 0 unspecified atom stereocenters. The molecule has 0 radical (unpaired) electrons. The molecule has 7 nitrogen and oxygen atoms in total. The van der Waals surface area contributed by atoms with E-state index in [1.54, 1.807) is 53.2 Å². The lowest BCUT2D eigenvalue weighted by Crippen LogP contribution is -2.16. The van der Waals surface area contributed by atoms with E-state index in [0.717, 1.165) is 23.3 Å². The van der Waals surface area contributed by atoms with E-state index in [4.69, 9.17) is 11.6 Å². The molecular weight excluding hydrogens is 400 g/mol. The summed E-state index contributed by atoms with van der Waals surface area (Å²) < 4.78 is 27.1. The summed E-state index contributed by atoms with van der Waals surface area (Å²) in [6.07, 6.45) is 1.05. The first-order valence-electron chi connectivity index (χ1n) is 8.36. The minimum atomic E-state index is -3.46. The number of hydrogen-bond acceptors (Lipinski definition) is 4. The van der Waals surface area contributed by atoms with E-state index in [1.807, 2.05) is 13.8 Å². The SMILES string of the molecule is Cc1nn(-c2ccc(C(=O)Nc3ccccc3NS(C)(=O)=O)cc2)c(C)c1Cl. The van der Waals surface area contributed by atoms with Crippen molar-refractivity contribution in [3.63, 3.8) is 0 Å². The summed E-state index contributed by atoms with van der Waals surface area (Å²) in [7, 11) is -3.46. The Hall–Kier alpha value is -2.84. The van der Waals surface area contributed by atoms with Crippen molar-refractivity contribution in [1.29, 1.82) is 0 Å². The van der Waals surface area contributed by atoms with E-state index in [1.165, 1.54) is 0 Å². The van der Waals surface area contributed by atoms with Gasteiger partial charge in [0.2, 0.25) is 10.0 Å². The molecule has 28 heavy (non-hydrogen) atoms. The fraction of sp³-hybridized carbons (Fsp3) is 0.158. The first kappa shape index (κ1) is 19.9. The fourth-order valence-electron chi connectivity index (χ4n) is 2.70. The minimum absolute atomic E-state index is 0.298. The third kappa shape index (κ3) is 4.35. The number of halogens is 1. The third-order valence-corrected chi connectivity index (χ3v) is 5.19. The number of carbonyl (C=O) groups is 1. The van der Waals surface area contributed by atoms with Gasteiger partial charge in [0.25, 0.3) is 5.91 Å². The molecule has 2 aromatic carbocycles. The maximum Gasteiger partial charge on any atom is 0.255 e. The molecule has 1 heterocycles. The topological polar surface area (TPSA) is 93.1 Å². The van der Waals surface area contributed by atoms with Gasteiger partial charge in [-0.15, -0.1) is 0 Å². The summed E-state index contributed by atoms with van der Waals surface area (Å²) in [5, 5.41) is 7.72. The van der Waals surface area contributed by atoms with Gasteiger partial charge in [-0.3, -0.25) is 9.52 Å². The lowest BCUT2D eigenvalue weighted by Gasteiger charge is -2.12. The molecule has 0 aliphatic carbocycles. The summed E-state index contributed by atoms with van der Waals surface area (Å²) in [6, 6.07) is 13.5. The van der Waals surface area contributed by atoms with Crippen molar-refractivity contribution in [2.45, 2.75) is 13.8 Å². The zero-order valence-electron chi connectivity index (χ0n) is 15.5. The van der Waals surface area contributed by atoms with E-state index in [2.05, 4.69) is 15.1 Å². The molecule has 3 aromatic rings. The maximum absolute atomic E-state index is 12.6. The molecule has 1 aromatic heterocycles. The molecule has 0 saturated heterocycles. The lowest BCUT2D eigenvalue weighted by atomic mass is 10.2. The Morgan fingerprint density at radius 2 is 1.64 bits per heavy atom. The highest BCUT2D eigenvalue weighted by Gasteiger charge is 2.13. The van der Waals surface area contributed by atoms with Gasteiger partial charge in [0.05, 0.1) is 39.7 Å². The number of nitrogens with one attached hydrogen (secondary N) is 2. The Morgan fingerprint density at radius 1 is 1.04 bits per heavy atom. The fourth-order valence-corrected chi connectivity index (χ4v) is 3.40. The van der Waals surface area contributed by atoms with Gasteiger partial charge in [-0.05, 0) is 50.2 Å². The highest BCUT2D eigenvalue weighted by atomic mass is 35.5. The van der Waals surface area contributed by atoms with Crippen LogP contribution in [0.25, 0.3) is 5.69 Å². The maximum atomic E-state index is 12.6. The molecule has 0 fully saturated rings. The average molecular weight is 419 g/mol. The molecule has 2 N–H and O–H groups in total. The van der Waals surface area contributed by atoms with Gasteiger partial charge in [0.1, 0.15) is 0 Å². The van der Waals surface area contributed by atoms with Crippen molar-refractivity contribution >= 4 is 38.9 Å². The molecule has 0 spiro atoms. The summed E-state index contributed by atoms with van der Waals surface area (Å²) in [6.45, 7) is 3.70. The largest absolute Gasteiger partial charge is 0.320 e. The number of anilines is 2. The third-order valence-electron chi connectivity index (χ3n) is 4.05. The molecule has 146 valence electrons. The van der Waals surface area contributed by atoms with Crippen LogP contribution >= 0.6 is 11.6 Å². The van der Waals surface area contributed by atoms with Crippen LogP contribution in [0.15, 0.2) is 48.5 Å². The molecule has 0 aliphatic rings. The number of benzene rings is 2. The number of aryl methyl sites for hydroxylation is 1. The molecule has 0 atom stereocenters. The summed E-state index contributed by atoms with van der Waals surface area (Å²) >= 11 is 6.18. The second kappa shape index (κ2) is 7.65. The predicted octanol–water partition coefficient (Wildman–Crippen LogP) is 3.77. The quantitative estimate of drug-likeness (QED) is 0.659. The van der Waals surface area contributed by atoms with Crippen LogP contribution in [0.2, 0.25) is 5.02 Å². The van der Waals surface area contributed by atoms with Gasteiger partial charge in [-0.2, -0.15) is 5.10 Å². The standard InChI is InChI=1S/C19H19ClN4O3S/c1-12-18(20)13(2)24(22-12)15-10-8-14(9-11-15)19(25)21-16-6-4-5-7-17(16)23-28(3,26)27/h4-11,23H,1-3H3,(H,21,25). The predicted molar refractivity (Wildman–Crippen MR) is 111 cm³/mol. The van der Waals surface area contributed by atoms with Gasteiger partial charge < -0.3 is 5.32 Å². The molecular formula is C19H19ClN4O3S. The lowest BCUT2D eigenvalue weighted by molar-refractivity contribution is 0.102. The van der Waals surface area contributed by atoms with E-state index in [9.17, 15) is 13.2 Å². The van der Waals surface area contributed by atoms with Crippen molar-refractivity contribution in [3.05, 3.63) is 70.5 Å². The Balaban J connectivity index is 1.82. The van der Waals surface area contributed by atoms with Crippen molar-refractivity contribution < 1.29 is 13.2 Å². The molecule has 9 heteroatoms. The smallest absolute Gasteiger partial charge is 0.255 e. The molecule has 1 amide bonds. The van der Waals surface area contributed by atoms with Crippen LogP contribution < -0.4 is 10.0 Å². The number of carbonyl (C=O) groups excluding carboxylic acids is 1. The van der Waals surface area contributed by atoms with Crippen LogP contribution in [0.1, 0.15) is 21.7 Å². The van der Waals surface area contributed by atoms with Gasteiger partial charge in [0, 0.05) is 5.56 Å². The summed E-state index contributed by atoms with van der Waals surface area (Å²) in [5.74, 6) is -0.360. The van der Waals surface area contributed by atoms with Crippen molar-refractivity contribution in [2.75, 3.05) is 16.3 Å². The van der Waals surface area contributed by atoms with Crippen LogP contribution in [0.4, 0.5) is 11.4 Å². The normalized spacial score (nSPS) is 11.3. The average Bonchev–Trinajstić information content (AvgIpc) is 2.90. The minimum Gasteiger partial charge on any atom is -0.320 e. The zero-order valence-corrected chi connectivity index (χ0v) is 17.1. The second-order valence-corrected chi connectivity index (χ2v) is 8.44. The number of amides is 1. The first-order valence-corrected chi connectivity index (χ1v) is 10.6. The highest BCUT2D eigenvalue weighted by Crippen LogP contribution is 2.24. The van der Waals surface area contributed by atoms with Crippen molar-refractivity contribution in [3.8, 4) is 5.69 Å². The number of para-hydroxylation sites is 2. The highest BCUT2D eigenvalue weighted by molar-refractivity contribution is 7.92. The zero-order chi connectivity index (χ0) is 20.5. The molecule has 0 saturated carbocycles. The monoisotopic (exact) mass is 418 g/mol. The van der Waals surface area contributed by atoms with E-state index in [0.29, 0.717) is 22.0 Å². The number of rotatable bonds is 5. The van der Waals surface area contributed by atoms with Crippen LogP contribution in [0.3, 0.4) is 0 Å². The Bertz CT molecular complexity index is 1140. The van der Waals surface area contributed by atoms with E-state index >= 15 is 0 Å².